The molecule has 0 radical (unpaired) electrons. The fourth-order valence-corrected chi connectivity index (χ4v) is 2.55. The monoisotopic (exact) mass is 324 g/mol. The molecule has 0 saturated carbocycles. The molecule has 0 saturated heterocycles. The molecule has 23 heavy (non-hydrogen) atoms. The van der Waals surface area contributed by atoms with E-state index in [0.717, 1.165) is 56.2 Å². The van der Waals surface area contributed by atoms with Crippen molar-refractivity contribution in [1.82, 2.24) is 15.8 Å². The number of aromatic nitrogens is 1. The second kappa shape index (κ2) is 10.3. The number of rotatable bonds is 10. The Balaban J connectivity index is 2.67. The molecule has 0 aromatic carbocycles. The van der Waals surface area contributed by atoms with E-state index >= 15 is 0 Å². The Morgan fingerprint density at radius 3 is 2.52 bits per heavy atom. The van der Waals surface area contributed by atoms with Crippen LogP contribution in [0.2, 0.25) is 0 Å². The molecule has 0 atom stereocenters. The lowest BCUT2D eigenvalue weighted by atomic mass is 9.79. The van der Waals surface area contributed by atoms with E-state index < -0.39 is 0 Å². The molecule has 0 aliphatic rings. The molecule has 0 aliphatic carbocycles. The molecular formula is C17H32N4O2. The van der Waals surface area contributed by atoms with Gasteiger partial charge in [-0.05, 0) is 38.0 Å². The minimum atomic E-state index is 0.104. The number of hydrogen-bond acceptors (Lipinski definition) is 4. The van der Waals surface area contributed by atoms with Crippen LogP contribution in [0.5, 0.6) is 0 Å². The Morgan fingerprint density at radius 1 is 1.26 bits per heavy atom. The number of nitrogens with zero attached hydrogens (tertiary/aromatic N) is 2. The van der Waals surface area contributed by atoms with E-state index in [4.69, 9.17) is 4.52 Å². The van der Waals surface area contributed by atoms with Gasteiger partial charge in [0.15, 0.2) is 11.7 Å². The number of aliphatic imine (C=N–C) groups is 1. The number of nitrogens with one attached hydrogen (secondary N) is 2. The highest BCUT2D eigenvalue weighted by Crippen LogP contribution is 2.29. The summed E-state index contributed by atoms with van der Waals surface area (Å²) in [7, 11) is 0. The van der Waals surface area contributed by atoms with Crippen LogP contribution in [0.3, 0.4) is 0 Å². The quantitative estimate of drug-likeness (QED) is 0.455. The number of aryl methyl sites for hydroxylation is 1. The fraction of sp³-hybridized carbons (Fsp3) is 0.765. The summed E-state index contributed by atoms with van der Waals surface area (Å²) in [5.74, 6) is 1.54. The maximum atomic E-state index is 9.32. The molecular weight excluding hydrogens is 292 g/mol. The van der Waals surface area contributed by atoms with E-state index in [1.165, 1.54) is 0 Å². The molecule has 0 amide bonds. The third-order valence-corrected chi connectivity index (χ3v) is 4.48. The van der Waals surface area contributed by atoms with Crippen molar-refractivity contribution in [3.63, 3.8) is 0 Å². The van der Waals surface area contributed by atoms with Gasteiger partial charge in [-0.15, -0.1) is 0 Å². The first kappa shape index (κ1) is 19.5. The number of aliphatic hydroxyl groups excluding tert-OH is 1. The molecule has 0 bridgehead atoms. The van der Waals surface area contributed by atoms with Crippen LogP contribution in [0.25, 0.3) is 0 Å². The van der Waals surface area contributed by atoms with Gasteiger partial charge >= 0.3 is 0 Å². The second-order valence-corrected chi connectivity index (χ2v) is 5.87. The summed E-state index contributed by atoms with van der Waals surface area (Å²) in [5, 5.41) is 20.0. The van der Waals surface area contributed by atoms with Gasteiger partial charge in [0.05, 0.1) is 5.69 Å². The van der Waals surface area contributed by atoms with Gasteiger partial charge in [-0.1, -0.05) is 25.9 Å². The van der Waals surface area contributed by atoms with Gasteiger partial charge in [0.25, 0.3) is 0 Å². The number of hydrogen-bond donors (Lipinski definition) is 3. The van der Waals surface area contributed by atoms with Crippen molar-refractivity contribution in [1.29, 1.82) is 0 Å². The lowest BCUT2D eigenvalue weighted by Crippen LogP contribution is -2.43. The first-order chi connectivity index (χ1) is 11.1. The molecule has 3 N–H and O–H groups in total. The maximum absolute atomic E-state index is 9.32. The van der Waals surface area contributed by atoms with Gasteiger partial charge < -0.3 is 20.3 Å². The average Bonchev–Trinajstić information content (AvgIpc) is 3.04. The summed E-state index contributed by atoms with van der Waals surface area (Å²) < 4.78 is 5.26. The molecule has 1 aromatic rings. The van der Waals surface area contributed by atoms with Gasteiger partial charge in [-0.3, -0.25) is 0 Å². The summed E-state index contributed by atoms with van der Waals surface area (Å²) in [4.78, 5) is 4.56. The lowest BCUT2D eigenvalue weighted by Gasteiger charge is -2.32. The van der Waals surface area contributed by atoms with Gasteiger partial charge in [0.2, 0.25) is 0 Å². The highest BCUT2D eigenvalue weighted by atomic mass is 16.5. The Morgan fingerprint density at radius 2 is 2.00 bits per heavy atom. The molecule has 0 unspecified atom stereocenters. The predicted octanol–water partition coefficient (Wildman–Crippen LogP) is 2.48. The van der Waals surface area contributed by atoms with Crippen LogP contribution >= 0.6 is 0 Å². The van der Waals surface area contributed by atoms with Crippen LogP contribution in [0, 0.1) is 5.41 Å². The summed E-state index contributed by atoms with van der Waals surface area (Å²) in [6.45, 7) is 10.7. The molecule has 1 rings (SSSR count). The van der Waals surface area contributed by atoms with Crippen molar-refractivity contribution >= 4 is 5.96 Å². The second-order valence-electron chi connectivity index (χ2n) is 5.87. The average molecular weight is 324 g/mol. The van der Waals surface area contributed by atoms with Crippen molar-refractivity contribution in [2.75, 3.05) is 19.7 Å². The van der Waals surface area contributed by atoms with Crippen LogP contribution < -0.4 is 10.6 Å². The Kier molecular flexibility index (Phi) is 8.69. The third-order valence-electron chi connectivity index (χ3n) is 4.48. The van der Waals surface area contributed by atoms with Gasteiger partial charge in [-0.2, -0.15) is 0 Å². The highest BCUT2D eigenvalue weighted by molar-refractivity contribution is 5.79. The minimum absolute atomic E-state index is 0.104. The zero-order valence-corrected chi connectivity index (χ0v) is 15.0. The van der Waals surface area contributed by atoms with Crippen molar-refractivity contribution < 1.29 is 9.63 Å². The Hall–Kier alpha value is -1.56. The highest BCUT2D eigenvalue weighted by Gasteiger charge is 2.25. The zero-order chi connectivity index (χ0) is 17.1. The van der Waals surface area contributed by atoms with Crippen molar-refractivity contribution in [2.24, 2.45) is 10.4 Å². The third kappa shape index (κ3) is 6.22. The largest absolute Gasteiger partial charge is 0.396 e. The van der Waals surface area contributed by atoms with Crippen molar-refractivity contribution in [3.05, 3.63) is 17.5 Å². The Bertz CT molecular complexity index is 467. The van der Waals surface area contributed by atoms with Crippen LogP contribution in [0.15, 0.2) is 15.6 Å². The topological polar surface area (TPSA) is 82.7 Å². The first-order valence-corrected chi connectivity index (χ1v) is 8.70. The molecule has 132 valence electrons. The van der Waals surface area contributed by atoms with Crippen LogP contribution in [-0.2, 0) is 13.0 Å². The van der Waals surface area contributed by atoms with Crippen molar-refractivity contribution in [3.8, 4) is 0 Å². The normalized spacial score (nSPS) is 12.5. The Labute approximate surface area is 139 Å². The van der Waals surface area contributed by atoms with Crippen LogP contribution in [0.1, 0.15) is 58.4 Å². The first-order valence-electron chi connectivity index (χ1n) is 8.70. The van der Waals surface area contributed by atoms with E-state index in [1.807, 2.05) is 19.9 Å². The van der Waals surface area contributed by atoms with E-state index in [0.29, 0.717) is 6.54 Å². The summed E-state index contributed by atoms with van der Waals surface area (Å²) in [5.41, 5.74) is 1.05. The maximum Gasteiger partial charge on any atom is 0.191 e. The SMILES string of the molecule is CCNC(=NCc1cc(CC)no1)NCC(CC)(CC)CCO. The number of guanidine groups is 1. The summed E-state index contributed by atoms with van der Waals surface area (Å²) >= 11 is 0. The van der Waals surface area contributed by atoms with Gasteiger partial charge in [-0.25, -0.2) is 4.99 Å². The van der Waals surface area contributed by atoms with Crippen LogP contribution in [0.4, 0.5) is 0 Å². The van der Waals surface area contributed by atoms with E-state index in [9.17, 15) is 5.11 Å². The zero-order valence-electron chi connectivity index (χ0n) is 15.0. The van der Waals surface area contributed by atoms with Crippen LogP contribution in [-0.4, -0.2) is 35.9 Å². The molecule has 1 aromatic heterocycles. The molecule has 0 spiro atoms. The standard InChI is InChI=1S/C17H32N4O2/c1-5-14-11-15(23-21-14)12-19-16(18-8-4)20-13-17(6-2,7-3)9-10-22/h11,22H,5-10,12-13H2,1-4H3,(H2,18,19,20). The van der Waals surface area contributed by atoms with Gasteiger partial charge in [0.1, 0.15) is 6.54 Å². The molecule has 6 nitrogen and oxygen atoms in total. The van der Waals surface area contributed by atoms with E-state index in [2.05, 4.69) is 34.6 Å². The van der Waals surface area contributed by atoms with Crippen molar-refractivity contribution in [2.45, 2.75) is 59.9 Å². The van der Waals surface area contributed by atoms with E-state index in [1.54, 1.807) is 0 Å². The molecule has 6 heteroatoms. The molecule has 0 aliphatic heterocycles. The van der Waals surface area contributed by atoms with Gasteiger partial charge in [0, 0.05) is 25.8 Å². The minimum Gasteiger partial charge on any atom is -0.396 e. The lowest BCUT2D eigenvalue weighted by molar-refractivity contribution is 0.169. The fourth-order valence-electron chi connectivity index (χ4n) is 2.55. The molecule has 0 fully saturated rings. The van der Waals surface area contributed by atoms with E-state index in [-0.39, 0.29) is 12.0 Å². The summed E-state index contributed by atoms with van der Waals surface area (Å²) in [6.07, 6.45) is 3.72. The smallest absolute Gasteiger partial charge is 0.191 e. The summed E-state index contributed by atoms with van der Waals surface area (Å²) in [6, 6.07) is 1.95. The predicted molar refractivity (Wildman–Crippen MR) is 93.4 cm³/mol. The molecule has 1 heterocycles. The number of aliphatic hydroxyl groups is 1.